The van der Waals surface area contributed by atoms with Crippen LogP contribution in [-0.2, 0) is 0 Å². The minimum Gasteiger partial charge on any atom is -0.258 e. The van der Waals surface area contributed by atoms with E-state index in [0.29, 0.717) is 5.52 Å². The molecule has 0 radical (unpaired) electrons. The topological polar surface area (TPSA) is 56.0 Å². The van der Waals surface area contributed by atoms with Gasteiger partial charge in [-0.25, -0.2) is 4.98 Å². The van der Waals surface area contributed by atoms with Gasteiger partial charge in [0.2, 0.25) is 0 Å². The summed E-state index contributed by atoms with van der Waals surface area (Å²) in [5.74, 6) is 0. The second-order valence-electron chi connectivity index (χ2n) is 5.75. The quantitative estimate of drug-likeness (QED) is 0.370. The summed E-state index contributed by atoms with van der Waals surface area (Å²) in [6.07, 6.45) is 0. The van der Waals surface area contributed by atoms with Crippen molar-refractivity contribution in [3.05, 3.63) is 95.0 Å². The zero-order chi connectivity index (χ0) is 17.2. The molecule has 0 aliphatic carbocycles. The summed E-state index contributed by atoms with van der Waals surface area (Å²) < 4.78 is 0. The van der Waals surface area contributed by atoms with Crippen LogP contribution in [0, 0.1) is 10.1 Å². The Labute approximate surface area is 144 Å². The lowest BCUT2D eigenvalue weighted by Gasteiger charge is -2.10. The third kappa shape index (κ3) is 2.85. The Morgan fingerprint density at radius 3 is 2.04 bits per heavy atom. The van der Waals surface area contributed by atoms with E-state index in [1.165, 1.54) is 12.1 Å². The Bertz CT molecular complexity index is 1060. The van der Waals surface area contributed by atoms with E-state index in [1.54, 1.807) is 6.07 Å². The highest BCUT2D eigenvalue weighted by Crippen LogP contribution is 2.33. The smallest absolute Gasteiger partial charge is 0.258 e. The van der Waals surface area contributed by atoms with Crippen LogP contribution >= 0.6 is 0 Å². The van der Waals surface area contributed by atoms with Crippen LogP contribution in [-0.4, -0.2) is 9.91 Å². The monoisotopic (exact) mass is 326 g/mol. The molecule has 0 fully saturated rings. The lowest BCUT2D eigenvalue weighted by Crippen LogP contribution is -1.92. The molecule has 0 unspecified atom stereocenters. The summed E-state index contributed by atoms with van der Waals surface area (Å²) in [5.41, 5.74) is 4.51. The predicted molar refractivity (Wildman–Crippen MR) is 99.3 cm³/mol. The van der Waals surface area contributed by atoms with Crippen LogP contribution in [0.3, 0.4) is 0 Å². The first-order chi connectivity index (χ1) is 12.2. The van der Waals surface area contributed by atoms with Crippen LogP contribution in [0.1, 0.15) is 0 Å². The van der Waals surface area contributed by atoms with Crippen molar-refractivity contribution in [2.45, 2.75) is 0 Å². The van der Waals surface area contributed by atoms with E-state index in [1.807, 2.05) is 66.7 Å². The van der Waals surface area contributed by atoms with Gasteiger partial charge in [0.05, 0.1) is 16.1 Å². The first kappa shape index (κ1) is 15.0. The molecule has 4 rings (SSSR count). The van der Waals surface area contributed by atoms with Crippen molar-refractivity contribution in [1.29, 1.82) is 0 Å². The molecule has 1 aromatic heterocycles. The summed E-state index contributed by atoms with van der Waals surface area (Å²) in [6, 6.07) is 26.7. The van der Waals surface area contributed by atoms with Crippen LogP contribution in [0.4, 0.5) is 5.69 Å². The number of fused-ring (bicyclic) bond motifs is 1. The SMILES string of the molecule is O=[N+]([O-])c1ccc2c(-c3ccccc3)cc(-c3ccccc3)nc2c1. The number of aromatic nitrogens is 1. The summed E-state index contributed by atoms with van der Waals surface area (Å²) >= 11 is 0. The molecule has 4 heteroatoms. The van der Waals surface area contributed by atoms with E-state index in [2.05, 4.69) is 4.98 Å². The van der Waals surface area contributed by atoms with E-state index >= 15 is 0 Å². The highest BCUT2D eigenvalue weighted by molar-refractivity contribution is 5.97. The number of nitrogens with zero attached hydrogens (tertiary/aromatic N) is 2. The average molecular weight is 326 g/mol. The maximum atomic E-state index is 11.1. The molecule has 0 saturated heterocycles. The van der Waals surface area contributed by atoms with Crippen molar-refractivity contribution in [3.8, 4) is 22.4 Å². The highest BCUT2D eigenvalue weighted by atomic mass is 16.6. The molecule has 0 spiro atoms. The second-order valence-corrected chi connectivity index (χ2v) is 5.75. The molecule has 0 atom stereocenters. The first-order valence-corrected chi connectivity index (χ1v) is 7.92. The van der Waals surface area contributed by atoms with E-state index in [9.17, 15) is 10.1 Å². The third-order valence-corrected chi connectivity index (χ3v) is 4.16. The number of hydrogen-bond donors (Lipinski definition) is 0. The standard InChI is InChI=1S/C21H14N2O2/c24-23(25)17-11-12-18-19(15-7-3-1-4-8-15)14-20(22-21(18)13-17)16-9-5-2-6-10-16/h1-14H. The lowest BCUT2D eigenvalue weighted by molar-refractivity contribution is -0.384. The molecule has 25 heavy (non-hydrogen) atoms. The lowest BCUT2D eigenvalue weighted by atomic mass is 9.98. The Morgan fingerprint density at radius 1 is 0.760 bits per heavy atom. The van der Waals surface area contributed by atoms with Gasteiger partial charge in [0.25, 0.3) is 5.69 Å². The van der Waals surface area contributed by atoms with Gasteiger partial charge < -0.3 is 0 Å². The summed E-state index contributed by atoms with van der Waals surface area (Å²) in [5, 5.41) is 12.0. The van der Waals surface area contributed by atoms with Crippen molar-refractivity contribution in [3.63, 3.8) is 0 Å². The van der Waals surface area contributed by atoms with Crippen molar-refractivity contribution < 1.29 is 4.92 Å². The van der Waals surface area contributed by atoms with Gasteiger partial charge in [0.15, 0.2) is 0 Å². The molecule has 0 N–H and O–H groups in total. The normalized spacial score (nSPS) is 10.7. The van der Waals surface area contributed by atoms with Crippen LogP contribution in [0.2, 0.25) is 0 Å². The molecule has 0 bridgehead atoms. The number of benzene rings is 3. The van der Waals surface area contributed by atoms with Gasteiger partial charge in [0.1, 0.15) is 0 Å². The summed E-state index contributed by atoms with van der Waals surface area (Å²) in [7, 11) is 0. The van der Waals surface area contributed by atoms with Crippen molar-refractivity contribution in [2.24, 2.45) is 0 Å². The number of non-ortho nitro benzene ring substituents is 1. The molecule has 3 aromatic carbocycles. The zero-order valence-corrected chi connectivity index (χ0v) is 13.3. The Morgan fingerprint density at radius 2 is 1.40 bits per heavy atom. The van der Waals surface area contributed by atoms with Crippen LogP contribution < -0.4 is 0 Å². The maximum absolute atomic E-state index is 11.1. The second kappa shape index (κ2) is 6.17. The zero-order valence-electron chi connectivity index (χ0n) is 13.3. The van der Waals surface area contributed by atoms with E-state index in [4.69, 9.17) is 0 Å². The van der Waals surface area contributed by atoms with Crippen LogP contribution in [0.5, 0.6) is 0 Å². The molecule has 0 amide bonds. The fourth-order valence-corrected chi connectivity index (χ4v) is 2.94. The van der Waals surface area contributed by atoms with Crippen molar-refractivity contribution >= 4 is 16.6 Å². The van der Waals surface area contributed by atoms with E-state index in [0.717, 1.165) is 27.8 Å². The average Bonchev–Trinajstić information content (AvgIpc) is 2.68. The number of nitro groups is 1. The molecule has 4 aromatic rings. The Hall–Kier alpha value is -3.53. The fraction of sp³-hybridized carbons (Fsp3) is 0. The minimum atomic E-state index is -0.390. The van der Waals surface area contributed by atoms with Crippen LogP contribution in [0.15, 0.2) is 84.9 Å². The predicted octanol–water partition coefficient (Wildman–Crippen LogP) is 5.48. The third-order valence-electron chi connectivity index (χ3n) is 4.16. The Balaban J connectivity index is 2.03. The molecule has 120 valence electrons. The molecular formula is C21H14N2O2. The molecule has 1 heterocycles. The molecule has 0 aliphatic heterocycles. The van der Waals surface area contributed by atoms with Gasteiger partial charge in [-0.2, -0.15) is 0 Å². The molecule has 0 saturated carbocycles. The molecule has 4 nitrogen and oxygen atoms in total. The fourth-order valence-electron chi connectivity index (χ4n) is 2.94. The maximum Gasteiger partial charge on any atom is 0.271 e. The number of pyridine rings is 1. The minimum absolute atomic E-state index is 0.0456. The van der Waals surface area contributed by atoms with E-state index < -0.39 is 4.92 Å². The summed E-state index contributed by atoms with van der Waals surface area (Å²) in [4.78, 5) is 15.4. The first-order valence-electron chi connectivity index (χ1n) is 7.92. The summed E-state index contributed by atoms with van der Waals surface area (Å²) in [6.45, 7) is 0. The van der Waals surface area contributed by atoms with Crippen molar-refractivity contribution in [1.82, 2.24) is 4.98 Å². The van der Waals surface area contributed by atoms with Gasteiger partial charge in [-0.3, -0.25) is 10.1 Å². The van der Waals surface area contributed by atoms with Crippen molar-refractivity contribution in [2.75, 3.05) is 0 Å². The van der Waals surface area contributed by atoms with Gasteiger partial charge in [-0.05, 0) is 23.3 Å². The largest absolute Gasteiger partial charge is 0.271 e. The Kier molecular flexibility index (Phi) is 3.71. The van der Waals surface area contributed by atoms with E-state index in [-0.39, 0.29) is 5.69 Å². The van der Waals surface area contributed by atoms with Gasteiger partial charge in [-0.1, -0.05) is 60.7 Å². The number of rotatable bonds is 3. The molecule has 0 aliphatic rings. The molecular weight excluding hydrogens is 312 g/mol. The number of hydrogen-bond acceptors (Lipinski definition) is 3. The van der Waals surface area contributed by atoms with Gasteiger partial charge in [0, 0.05) is 23.1 Å². The van der Waals surface area contributed by atoms with Gasteiger partial charge in [-0.15, -0.1) is 0 Å². The van der Waals surface area contributed by atoms with Crippen LogP contribution in [0.25, 0.3) is 33.3 Å². The van der Waals surface area contributed by atoms with Gasteiger partial charge >= 0.3 is 0 Å². The number of nitro benzene ring substituents is 1. The highest BCUT2D eigenvalue weighted by Gasteiger charge is 2.13.